The van der Waals surface area contributed by atoms with Crippen LogP contribution in [0.5, 0.6) is 5.75 Å². The summed E-state index contributed by atoms with van der Waals surface area (Å²) in [5.41, 5.74) is 0.403. The molecule has 0 aromatic heterocycles. The Labute approximate surface area is 153 Å². The monoisotopic (exact) mass is 359 g/mol. The number of nitrogens with zero attached hydrogens (tertiary/aromatic N) is 1. The van der Waals surface area contributed by atoms with Crippen molar-refractivity contribution in [3.8, 4) is 11.8 Å². The molecule has 1 heterocycles. The first-order chi connectivity index (χ1) is 11.2. The van der Waals surface area contributed by atoms with Gasteiger partial charge in [-0.25, -0.2) is 0 Å². The molecule has 1 aliphatic heterocycles. The second-order valence-electron chi connectivity index (χ2n) is 9.31. The summed E-state index contributed by atoms with van der Waals surface area (Å²) >= 11 is 0. The summed E-state index contributed by atoms with van der Waals surface area (Å²) < 4.78 is 18.6. The maximum absolute atomic E-state index is 9.50. The largest absolute Gasteiger partial charge is 0.544 e. The Morgan fingerprint density at radius 2 is 1.60 bits per heavy atom. The van der Waals surface area contributed by atoms with Crippen molar-refractivity contribution in [2.75, 3.05) is 0 Å². The first-order valence-corrected chi connectivity index (χ1v) is 11.7. The Bertz CT molecular complexity index is 686. The van der Waals surface area contributed by atoms with E-state index in [9.17, 15) is 5.26 Å². The molecule has 0 spiro atoms. The molecule has 4 nitrogen and oxygen atoms in total. The van der Waals surface area contributed by atoms with Gasteiger partial charge in [0.15, 0.2) is 0 Å². The predicted molar refractivity (Wildman–Crippen MR) is 105 cm³/mol. The Morgan fingerprint density at radius 1 is 1.08 bits per heavy atom. The minimum atomic E-state index is -1.96. The van der Waals surface area contributed by atoms with E-state index < -0.39 is 26.6 Å². The molecule has 1 aromatic rings. The molecule has 0 N–H and O–H groups in total. The average molecular weight is 359 g/mol. The van der Waals surface area contributed by atoms with Crippen LogP contribution in [0.4, 0.5) is 0 Å². The van der Waals surface area contributed by atoms with Gasteiger partial charge in [-0.2, -0.15) is 5.26 Å². The number of benzene rings is 1. The van der Waals surface area contributed by atoms with E-state index in [2.05, 4.69) is 39.9 Å². The molecule has 0 unspecified atom stereocenters. The lowest BCUT2D eigenvalue weighted by Crippen LogP contribution is -2.44. The van der Waals surface area contributed by atoms with Crippen LogP contribution in [0.1, 0.15) is 54.0 Å². The van der Waals surface area contributed by atoms with Gasteiger partial charge in [0.25, 0.3) is 0 Å². The highest BCUT2D eigenvalue weighted by Crippen LogP contribution is 2.39. The minimum absolute atomic E-state index is 0.103. The highest BCUT2D eigenvalue weighted by molar-refractivity contribution is 6.74. The van der Waals surface area contributed by atoms with Crippen molar-refractivity contribution < 1.29 is 13.7 Å². The molecule has 0 amide bonds. The van der Waals surface area contributed by atoms with Crippen LogP contribution in [0.15, 0.2) is 18.2 Å². The molecule has 6 heteroatoms. The normalized spacial score (nSPS) is 19.6. The van der Waals surface area contributed by atoms with Crippen molar-refractivity contribution in [2.24, 2.45) is 0 Å². The Hall–Kier alpha value is -1.29. The summed E-state index contributed by atoms with van der Waals surface area (Å²) in [4.78, 5) is 0. The minimum Gasteiger partial charge on any atom is -0.544 e. The van der Waals surface area contributed by atoms with Crippen molar-refractivity contribution in [3.05, 3.63) is 23.8 Å². The highest BCUT2D eigenvalue weighted by Gasteiger charge is 2.52. The molecule has 0 aliphatic carbocycles. The van der Waals surface area contributed by atoms with Crippen LogP contribution < -0.4 is 9.89 Å². The van der Waals surface area contributed by atoms with E-state index in [-0.39, 0.29) is 5.04 Å². The summed E-state index contributed by atoms with van der Waals surface area (Å²) in [6.07, 6.45) is 0. The van der Waals surface area contributed by atoms with Crippen molar-refractivity contribution >= 4 is 20.9 Å². The molecule has 25 heavy (non-hydrogen) atoms. The number of rotatable bonds is 3. The molecule has 1 aromatic carbocycles. The van der Waals surface area contributed by atoms with E-state index in [4.69, 9.17) is 13.7 Å². The fourth-order valence-corrected chi connectivity index (χ4v) is 3.34. The van der Waals surface area contributed by atoms with Gasteiger partial charge in [0.05, 0.1) is 22.8 Å². The molecule has 1 fully saturated rings. The van der Waals surface area contributed by atoms with Crippen LogP contribution in [0.3, 0.4) is 0 Å². The summed E-state index contributed by atoms with van der Waals surface area (Å²) in [5.74, 6) is 0.773. The van der Waals surface area contributed by atoms with Gasteiger partial charge in [0, 0.05) is 5.46 Å². The summed E-state index contributed by atoms with van der Waals surface area (Å²) in [6, 6.07) is 7.81. The number of hydrogen-bond donors (Lipinski definition) is 0. The van der Waals surface area contributed by atoms with Crippen molar-refractivity contribution in [2.45, 2.75) is 77.8 Å². The SMILES string of the molecule is CC1(C)OB(c2cc(O[Si](C)(C)C(C)(C)C)ccc2C#N)OC1(C)C. The molecule has 1 aliphatic rings. The Morgan fingerprint density at radius 3 is 2.04 bits per heavy atom. The molecular formula is C19H30BNO3Si. The van der Waals surface area contributed by atoms with Gasteiger partial charge in [0.2, 0.25) is 8.32 Å². The maximum atomic E-state index is 9.50. The zero-order valence-electron chi connectivity index (χ0n) is 17.0. The van der Waals surface area contributed by atoms with Gasteiger partial charge < -0.3 is 13.7 Å². The van der Waals surface area contributed by atoms with Gasteiger partial charge in [0.1, 0.15) is 5.75 Å². The first-order valence-electron chi connectivity index (χ1n) is 8.79. The third-order valence-corrected chi connectivity index (χ3v) is 10.2. The van der Waals surface area contributed by atoms with Gasteiger partial charge in [-0.3, -0.25) is 0 Å². The molecular weight excluding hydrogens is 329 g/mol. The zero-order valence-corrected chi connectivity index (χ0v) is 18.0. The van der Waals surface area contributed by atoms with Gasteiger partial charge in [-0.15, -0.1) is 0 Å². The average Bonchev–Trinajstić information content (AvgIpc) is 2.65. The second kappa shape index (κ2) is 6.15. The summed E-state index contributed by atoms with van der Waals surface area (Å²) in [6.45, 7) is 19.1. The lowest BCUT2D eigenvalue weighted by atomic mass is 9.76. The third-order valence-electron chi connectivity index (χ3n) is 5.83. The maximum Gasteiger partial charge on any atom is 0.496 e. The Balaban J connectivity index is 2.39. The third kappa shape index (κ3) is 3.79. The van der Waals surface area contributed by atoms with E-state index >= 15 is 0 Å². The smallest absolute Gasteiger partial charge is 0.496 e. The standard InChI is InChI=1S/C19H30BNO3Si/c1-17(2,3)25(8,9)22-15-11-10-14(13-21)16(12-15)20-23-18(4,5)19(6,7)24-20/h10-12H,1-9H3. The van der Waals surface area contributed by atoms with Crippen molar-refractivity contribution in [3.63, 3.8) is 0 Å². The van der Waals surface area contributed by atoms with Crippen LogP contribution in [-0.2, 0) is 9.31 Å². The van der Waals surface area contributed by atoms with E-state index in [0.717, 1.165) is 11.2 Å². The van der Waals surface area contributed by atoms with E-state index in [1.165, 1.54) is 0 Å². The highest BCUT2D eigenvalue weighted by atomic mass is 28.4. The first kappa shape index (κ1) is 20.0. The quantitative estimate of drug-likeness (QED) is 0.758. The van der Waals surface area contributed by atoms with Crippen LogP contribution in [0, 0.1) is 11.3 Å². The van der Waals surface area contributed by atoms with Crippen LogP contribution >= 0.6 is 0 Å². The molecule has 0 saturated carbocycles. The van der Waals surface area contributed by atoms with E-state index in [0.29, 0.717) is 5.56 Å². The molecule has 0 bridgehead atoms. The second-order valence-corrected chi connectivity index (χ2v) is 14.0. The van der Waals surface area contributed by atoms with Crippen LogP contribution in [0.25, 0.3) is 0 Å². The topological polar surface area (TPSA) is 51.5 Å². The van der Waals surface area contributed by atoms with Crippen molar-refractivity contribution in [1.82, 2.24) is 0 Å². The molecule has 0 atom stereocenters. The van der Waals surface area contributed by atoms with Crippen LogP contribution in [-0.4, -0.2) is 26.6 Å². The van der Waals surface area contributed by atoms with Gasteiger partial charge >= 0.3 is 7.12 Å². The summed E-state index contributed by atoms with van der Waals surface area (Å²) in [5, 5.41) is 9.60. The van der Waals surface area contributed by atoms with Gasteiger partial charge in [-0.05, 0) is 64.0 Å². The van der Waals surface area contributed by atoms with Crippen molar-refractivity contribution in [1.29, 1.82) is 5.26 Å². The molecule has 0 radical (unpaired) electrons. The zero-order chi connectivity index (χ0) is 19.3. The van der Waals surface area contributed by atoms with E-state index in [1.807, 2.05) is 39.8 Å². The van der Waals surface area contributed by atoms with Gasteiger partial charge in [-0.1, -0.05) is 20.8 Å². The fraction of sp³-hybridized carbons (Fsp3) is 0.632. The van der Waals surface area contributed by atoms with E-state index in [1.54, 1.807) is 6.07 Å². The molecule has 2 rings (SSSR count). The van der Waals surface area contributed by atoms with Crippen LogP contribution in [0.2, 0.25) is 18.1 Å². The molecule has 136 valence electrons. The Kier molecular flexibility index (Phi) is 4.93. The predicted octanol–water partition coefficient (Wildman–Crippen LogP) is 4.24. The lowest BCUT2D eigenvalue weighted by Gasteiger charge is -2.36. The fourth-order valence-electron chi connectivity index (χ4n) is 2.32. The molecule has 1 saturated heterocycles. The number of hydrogen-bond acceptors (Lipinski definition) is 4. The number of nitriles is 1. The summed E-state index contributed by atoms with van der Waals surface area (Å²) in [7, 11) is -2.52. The lowest BCUT2D eigenvalue weighted by molar-refractivity contribution is 0.00578.